The number of nitrogens with one attached hydrogen (secondary N) is 4. The molecule has 2 aliphatic carbocycles. The second kappa shape index (κ2) is 11.9. The van der Waals surface area contributed by atoms with Crippen molar-refractivity contribution in [2.24, 2.45) is 5.92 Å². The van der Waals surface area contributed by atoms with Gasteiger partial charge in [0.05, 0.1) is 34.4 Å². The van der Waals surface area contributed by atoms with Gasteiger partial charge < -0.3 is 16.0 Å². The number of fused-ring (bicyclic) bond motifs is 3. The molecule has 3 aromatic heterocycles. The van der Waals surface area contributed by atoms with Crippen LogP contribution in [-0.2, 0) is 10.0 Å². The van der Waals surface area contributed by atoms with Crippen molar-refractivity contribution in [1.82, 2.24) is 30.3 Å². The number of benzene rings is 1. The zero-order valence-corrected chi connectivity index (χ0v) is 25.5. The van der Waals surface area contributed by atoms with Crippen molar-refractivity contribution in [3.05, 3.63) is 89.8 Å². The van der Waals surface area contributed by atoms with Gasteiger partial charge in [0.25, 0.3) is 5.91 Å². The molecule has 2 aliphatic rings. The van der Waals surface area contributed by atoms with Crippen LogP contribution in [-0.4, -0.2) is 40.9 Å². The summed E-state index contributed by atoms with van der Waals surface area (Å²) in [4.78, 5) is 26.4. The molecule has 43 heavy (non-hydrogen) atoms. The van der Waals surface area contributed by atoms with Crippen LogP contribution in [0.5, 0.6) is 0 Å². The Labute approximate surface area is 256 Å². The van der Waals surface area contributed by atoms with Crippen LogP contribution >= 0.6 is 12.2 Å². The Morgan fingerprint density at radius 2 is 1.77 bits per heavy atom. The van der Waals surface area contributed by atoms with Crippen LogP contribution in [0.2, 0.25) is 0 Å². The highest BCUT2D eigenvalue weighted by atomic mass is 32.2. The van der Waals surface area contributed by atoms with Gasteiger partial charge in [-0.3, -0.25) is 19.7 Å². The predicted octanol–water partition coefficient (Wildman–Crippen LogP) is 4.74. The van der Waals surface area contributed by atoms with Gasteiger partial charge >= 0.3 is 0 Å². The van der Waals surface area contributed by atoms with Gasteiger partial charge in [0.15, 0.2) is 5.11 Å². The van der Waals surface area contributed by atoms with Crippen LogP contribution in [0, 0.1) is 5.92 Å². The Hall–Kier alpha value is -4.00. The van der Waals surface area contributed by atoms with E-state index in [0.29, 0.717) is 45.9 Å². The first-order valence-electron chi connectivity index (χ1n) is 14.3. The number of hydrogen-bond acceptors (Lipinski definition) is 7. The van der Waals surface area contributed by atoms with E-state index in [1.54, 1.807) is 43.0 Å². The van der Waals surface area contributed by atoms with Crippen molar-refractivity contribution in [2.75, 3.05) is 11.9 Å². The van der Waals surface area contributed by atoms with Crippen molar-refractivity contribution in [1.29, 1.82) is 0 Å². The number of aromatic nitrogens is 3. The molecule has 0 unspecified atom stereocenters. The summed E-state index contributed by atoms with van der Waals surface area (Å²) in [5.41, 5.74) is 3.61. The first kappa shape index (κ1) is 29.1. The topological polar surface area (TPSA) is 138 Å². The molecule has 1 aromatic carbocycles. The summed E-state index contributed by atoms with van der Waals surface area (Å²) in [5, 5.41) is 11.4. The maximum Gasteiger partial charge on any atom is 0.253 e. The van der Waals surface area contributed by atoms with E-state index in [1.165, 1.54) is 6.20 Å². The van der Waals surface area contributed by atoms with Crippen molar-refractivity contribution in [3.8, 4) is 0 Å². The lowest BCUT2D eigenvalue weighted by molar-refractivity contribution is 0.0935. The van der Waals surface area contributed by atoms with E-state index in [9.17, 15) is 13.2 Å². The Kier molecular flexibility index (Phi) is 8.08. The number of amides is 1. The zero-order chi connectivity index (χ0) is 30.1. The molecule has 2 atom stereocenters. The summed E-state index contributed by atoms with van der Waals surface area (Å²) < 4.78 is 30.3. The number of rotatable bonds is 9. The maximum absolute atomic E-state index is 13.8. The lowest BCUT2D eigenvalue weighted by Gasteiger charge is -2.20. The van der Waals surface area contributed by atoms with Gasteiger partial charge in [-0.2, -0.15) is 0 Å². The molecule has 12 heteroatoms. The van der Waals surface area contributed by atoms with Crippen molar-refractivity contribution in [2.45, 2.75) is 56.0 Å². The number of hydrogen-bond donors (Lipinski definition) is 4. The predicted molar refractivity (Wildman–Crippen MR) is 169 cm³/mol. The number of nitrogens with zero attached hydrogens (tertiary/aromatic N) is 3. The molecule has 0 aliphatic heterocycles. The molecule has 222 valence electrons. The van der Waals surface area contributed by atoms with E-state index in [-0.39, 0.29) is 22.8 Å². The number of carbonyl (C=O) groups is 1. The first-order valence-corrected chi connectivity index (χ1v) is 16.2. The quantitative estimate of drug-likeness (QED) is 0.197. The van der Waals surface area contributed by atoms with Crippen molar-refractivity contribution < 1.29 is 13.2 Å². The summed E-state index contributed by atoms with van der Waals surface area (Å²) in [6, 6.07) is 9.87. The minimum absolute atomic E-state index is 0.132. The largest absolute Gasteiger partial charge is 0.356 e. The lowest BCUT2D eigenvalue weighted by atomic mass is 9.98. The molecule has 3 heterocycles. The Bertz CT molecular complexity index is 1780. The number of thiocarbonyl (C=S) groups is 1. The van der Waals surface area contributed by atoms with Crippen LogP contribution in [0.3, 0.4) is 0 Å². The van der Waals surface area contributed by atoms with Gasteiger partial charge in [-0.1, -0.05) is 13.8 Å². The molecule has 1 saturated carbocycles. The number of pyridine rings is 3. The summed E-state index contributed by atoms with van der Waals surface area (Å²) in [6.45, 7) is 4.23. The van der Waals surface area contributed by atoms with Gasteiger partial charge in [-0.15, -0.1) is 0 Å². The molecular formula is C31H33N7O3S2. The van der Waals surface area contributed by atoms with E-state index in [4.69, 9.17) is 17.2 Å². The lowest BCUT2D eigenvalue weighted by Crippen LogP contribution is -2.32. The second-order valence-corrected chi connectivity index (χ2v) is 13.6. The average molecular weight is 616 g/mol. The molecule has 6 rings (SSSR count). The van der Waals surface area contributed by atoms with E-state index >= 15 is 0 Å². The Morgan fingerprint density at radius 3 is 2.44 bits per heavy atom. The minimum Gasteiger partial charge on any atom is -0.356 e. The Morgan fingerprint density at radius 1 is 1.00 bits per heavy atom. The normalized spacial score (nSPS) is 17.9. The molecular weight excluding hydrogens is 583 g/mol. The van der Waals surface area contributed by atoms with Crippen LogP contribution < -0.4 is 20.7 Å². The van der Waals surface area contributed by atoms with Crippen molar-refractivity contribution >= 4 is 49.7 Å². The molecule has 10 nitrogen and oxygen atoms in total. The summed E-state index contributed by atoms with van der Waals surface area (Å²) >= 11 is 5.67. The highest BCUT2D eigenvalue weighted by Gasteiger charge is 2.37. The highest BCUT2D eigenvalue weighted by molar-refractivity contribution is 7.89. The van der Waals surface area contributed by atoms with Crippen molar-refractivity contribution in [3.63, 3.8) is 0 Å². The molecule has 0 bridgehead atoms. The van der Waals surface area contributed by atoms with Gasteiger partial charge in [-0.25, -0.2) is 13.1 Å². The summed E-state index contributed by atoms with van der Waals surface area (Å²) in [7, 11) is -3.88. The first-order chi connectivity index (χ1) is 20.7. The van der Waals surface area contributed by atoms with Crippen LogP contribution in [0.4, 0.5) is 5.69 Å². The summed E-state index contributed by atoms with van der Waals surface area (Å²) in [6.07, 6.45) is 10.8. The number of anilines is 1. The third kappa shape index (κ3) is 6.36. The zero-order valence-electron chi connectivity index (χ0n) is 23.9. The van der Waals surface area contributed by atoms with Gasteiger partial charge in [0.2, 0.25) is 10.0 Å². The molecule has 1 fully saturated rings. The fourth-order valence-corrected chi connectivity index (χ4v) is 7.16. The average Bonchev–Trinajstić information content (AvgIpc) is 3.80. The van der Waals surface area contributed by atoms with Crippen LogP contribution in [0.1, 0.15) is 78.3 Å². The fraction of sp³-hybridized carbons (Fsp3) is 0.323. The number of sulfonamides is 1. The molecule has 4 aromatic rings. The van der Waals surface area contributed by atoms with E-state index in [1.807, 2.05) is 32.0 Å². The van der Waals surface area contributed by atoms with Crippen LogP contribution in [0.25, 0.3) is 10.8 Å². The smallest absolute Gasteiger partial charge is 0.253 e. The van der Waals surface area contributed by atoms with Gasteiger partial charge in [-0.05, 0) is 84.9 Å². The molecule has 0 saturated heterocycles. The van der Waals surface area contributed by atoms with Gasteiger partial charge in [0.1, 0.15) is 0 Å². The van der Waals surface area contributed by atoms with E-state index in [0.717, 1.165) is 29.8 Å². The number of carbonyl (C=O) groups excluding carboxylic acids is 1. The SMILES string of the molecule is CC(C)CNS(=O)(=O)c1cc2c(c3cnc(C4CC4)cc13)[C@H](NC(=S)Nc1cccnc1)C[C@H]2NC(=O)c1cccnc1. The van der Waals surface area contributed by atoms with E-state index in [2.05, 4.69) is 30.6 Å². The third-order valence-electron chi connectivity index (χ3n) is 7.69. The second-order valence-electron chi connectivity index (χ2n) is 11.4. The molecule has 0 radical (unpaired) electrons. The Balaban J connectivity index is 1.45. The molecule has 4 N–H and O–H groups in total. The molecule has 0 spiro atoms. The third-order valence-corrected chi connectivity index (χ3v) is 9.38. The molecule has 1 amide bonds. The van der Waals surface area contributed by atoms with Gasteiger partial charge in [0, 0.05) is 53.7 Å². The van der Waals surface area contributed by atoms with E-state index < -0.39 is 16.1 Å². The monoisotopic (exact) mass is 615 g/mol. The van der Waals surface area contributed by atoms with Crippen LogP contribution in [0.15, 0.2) is 72.3 Å². The minimum atomic E-state index is -3.88. The standard InChI is InChI=1S/C31H33N7O3S2/c1-18(2)14-35-43(40,41)28-12-23-26(37-30(39)20-5-3-9-32-15-20)13-27(38-31(42)36-21-6-4-10-33-16-21)29(23)24-17-34-25(11-22(24)28)19-7-8-19/h3-6,9-12,15-19,26-27,35H,7-8,13-14H2,1-2H3,(H,37,39)(H2,36,38,42)/t26-,27-/m1/s1. The fourth-order valence-electron chi connectivity index (χ4n) is 5.45. The highest BCUT2D eigenvalue weighted by Crippen LogP contribution is 2.47. The summed E-state index contributed by atoms with van der Waals surface area (Å²) in [5.74, 6) is 0.173. The maximum atomic E-state index is 13.8.